The molecule has 1 amide bonds. The number of aliphatic hydroxyl groups excluding tert-OH is 1. The lowest BCUT2D eigenvalue weighted by Gasteiger charge is -2.10. The Labute approximate surface area is 137 Å². The molecule has 2 aromatic rings. The van der Waals surface area contributed by atoms with Crippen molar-refractivity contribution in [3.63, 3.8) is 0 Å². The van der Waals surface area contributed by atoms with Crippen molar-refractivity contribution in [3.05, 3.63) is 69.8 Å². The Morgan fingerprint density at radius 3 is 2.61 bits per heavy atom. The van der Waals surface area contributed by atoms with Gasteiger partial charge >= 0.3 is 0 Å². The van der Waals surface area contributed by atoms with Crippen LogP contribution in [0, 0.1) is 10.1 Å². The van der Waals surface area contributed by atoms with Gasteiger partial charge in [-0.3, -0.25) is 14.9 Å². The number of hydrogen-bond donors (Lipinski definition) is 2. The van der Waals surface area contributed by atoms with E-state index in [0.29, 0.717) is 22.8 Å². The summed E-state index contributed by atoms with van der Waals surface area (Å²) in [6.07, 6.45) is 0. The minimum atomic E-state index is -0.505. The Hall–Kier alpha value is -2.38. The zero-order valence-corrected chi connectivity index (χ0v) is 13.1. The van der Waals surface area contributed by atoms with E-state index >= 15 is 0 Å². The first-order chi connectivity index (χ1) is 11.1. The van der Waals surface area contributed by atoms with E-state index in [0.717, 1.165) is 5.56 Å². The van der Waals surface area contributed by atoms with E-state index in [1.165, 1.54) is 30.0 Å². The van der Waals surface area contributed by atoms with Gasteiger partial charge in [0.25, 0.3) is 11.6 Å². The third-order valence-electron chi connectivity index (χ3n) is 3.07. The van der Waals surface area contributed by atoms with E-state index in [1.54, 1.807) is 0 Å². The number of thioether (sulfide) groups is 1. The third-order valence-corrected chi connectivity index (χ3v) is 4.10. The number of benzene rings is 2. The van der Waals surface area contributed by atoms with Crippen LogP contribution in [-0.2, 0) is 6.54 Å². The van der Waals surface area contributed by atoms with E-state index in [1.807, 2.05) is 30.3 Å². The molecule has 23 heavy (non-hydrogen) atoms. The lowest BCUT2D eigenvalue weighted by atomic mass is 10.1. The van der Waals surface area contributed by atoms with Crippen LogP contribution in [0.1, 0.15) is 15.9 Å². The molecule has 2 rings (SSSR count). The van der Waals surface area contributed by atoms with Crippen LogP contribution in [0.15, 0.2) is 53.4 Å². The third kappa shape index (κ3) is 4.80. The van der Waals surface area contributed by atoms with Crippen molar-refractivity contribution in [3.8, 4) is 0 Å². The first kappa shape index (κ1) is 17.0. The summed E-state index contributed by atoms with van der Waals surface area (Å²) in [5, 5.41) is 22.6. The van der Waals surface area contributed by atoms with Crippen molar-refractivity contribution in [1.29, 1.82) is 0 Å². The van der Waals surface area contributed by atoms with Crippen LogP contribution in [-0.4, -0.2) is 28.3 Å². The minimum absolute atomic E-state index is 0.0710. The molecule has 120 valence electrons. The second kappa shape index (κ2) is 8.30. The number of nitrogens with zero attached hydrogens (tertiary/aromatic N) is 1. The topological polar surface area (TPSA) is 92.5 Å². The first-order valence-corrected chi connectivity index (χ1v) is 7.94. The Morgan fingerprint density at radius 2 is 1.96 bits per heavy atom. The number of rotatable bonds is 7. The van der Waals surface area contributed by atoms with Gasteiger partial charge in [-0.15, -0.1) is 11.8 Å². The van der Waals surface area contributed by atoms with Crippen molar-refractivity contribution in [1.82, 2.24) is 5.32 Å². The summed E-state index contributed by atoms with van der Waals surface area (Å²) >= 11 is 1.21. The number of nitrogens with one attached hydrogen (secondary N) is 1. The molecule has 0 saturated heterocycles. The number of nitro groups is 1. The number of aliphatic hydroxyl groups is 1. The summed E-state index contributed by atoms with van der Waals surface area (Å²) in [7, 11) is 0. The van der Waals surface area contributed by atoms with Gasteiger partial charge in [-0.2, -0.15) is 0 Å². The zero-order valence-electron chi connectivity index (χ0n) is 12.3. The smallest absolute Gasteiger partial charge is 0.270 e. The van der Waals surface area contributed by atoms with Gasteiger partial charge in [0.2, 0.25) is 0 Å². The highest BCUT2D eigenvalue weighted by Crippen LogP contribution is 2.27. The molecule has 7 heteroatoms. The van der Waals surface area contributed by atoms with Gasteiger partial charge in [-0.05, 0) is 11.6 Å². The van der Waals surface area contributed by atoms with Gasteiger partial charge < -0.3 is 10.4 Å². The Kier molecular flexibility index (Phi) is 6.13. The molecule has 0 unspecified atom stereocenters. The molecule has 0 aliphatic rings. The molecule has 0 radical (unpaired) electrons. The van der Waals surface area contributed by atoms with Crippen molar-refractivity contribution in [2.75, 3.05) is 12.4 Å². The molecule has 0 fully saturated rings. The van der Waals surface area contributed by atoms with E-state index in [-0.39, 0.29) is 18.2 Å². The largest absolute Gasteiger partial charge is 0.396 e. The Balaban J connectivity index is 2.15. The van der Waals surface area contributed by atoms with Crippen molar-refractivity contribution < 1.29 is 14.8 Å². The maximum absolute atomic E-state index is 12.3. The fourth-order valence-electron chi connectivity index (χ4n) is 1.96. The predicted molar refractivity (Wildman–Crippen MR) is 88.5 cm³/mol. The first-order valence-electron chi connectivity index (χ1n) is 6.96. The van der Waals surface area contributed by atoms with Gasteiger partial charge in [-0.25, -0.2) is 0 Å². The summed E-state index contributed by atoms with van der Waals surface area (Å²) in [5.74, 6) is 0.0596. The summed E-state index contributed by atoms with van der Waals surface area (Å²) in [5.41, 5.74) is 1.25. The molecule has 0 heterocycles. The summed E-state index contributed by atoms with van der Waals surface area (Å²) in [6.45, 7) is 0.305. The van der Waals surface area contributed by atoms with Gasteiger partial charge in [0.15, 0.2) is 0 Å². The van der Waals surface area contributed by atoms with E-state index < -0.39 is 4.92 Å². The second-order valence-corrected chi connectivity index (χ2v) is 5.81. The van der Waals surface area contributed by atoms with Gasteiger partial charge in [0.05, 0.1) is 17.1 Å². The van der Waals surface area contributed by atoms with Gasteiger partial charge in [0.1, 0.15) is 0 Å². The molecule has 2 N–H and O–H groups in total. The molecule has 0 spiro atoms. The summed E-state index contributed by atoms with van der Waals surface area (Å²) < 4.78 is 0. The van der Waals surface area contributed by atoms with Crippen molar-refractivity contribution >= 4 is 23.4 Å². The lowest BCUT2D eigenvalue weighted by molar-refractivity contribution is -0.385. The average molecular weight is 332 g/mol. The summed E-state index contributed by atoms with van der Waals surface area (Å²) in [4.78, 5) is 23.2. The molecule has 0 aliphatic carbocycles. The molecular weight excluding hydrogens is 316 g/mol. The Morgan fingerprint density at radius 1 is 1.22 bits per heavy atom. The number of nitro benzene ring substituents is 1. The van der Waals surface area contributed by atoms with Crippen LogP contribution in [0.25, 0.3) is 0 Å². The number of carbonyl (C=O) groups is 1. The monoisotopic (exact) mass is 332 g/mol. The van der Waals surface area contributed by atoms with Gasteiger partial charge in [-0.1, -0.05) is 30.3 Å². The van der Waals surface area contributed by atoms with Crippen molar-refractivity contribution in [2.45, 2.75) is 11.4 Å². The molecule has 0 aliphatic heterocycles. The fraction of sp³-hybridized carbons (Fsp3) is 0.188. The summed E-state index contributed by atoms with van der Waals surface area (Å²) in [6, 6.07) is 13.6. The normalized spacial score (nSPS) is 10.3. The molecule has 6 nitrogen and oxygen atoms in total. The van der Waals surface area contributed by atoms with Crippen LogP contribution in [0.5, 0.6) is 0 Å². The van der Waals surface area contributed by atoms with E-state index in [9.17, 15) is 14.9 Å². The maximum atomic E-state index is 12.3. The standard InChI is InChI=1S/C16H16N2O4S/c19-8-9-23-15-10-13(18(21)22)6-7-14(15)16(20)17-11-12-4-2-1-3-5-12/h1-7,10,19H,8-9,11H2,(H,17,20). The lowest BCUT2D eigenvalue weighted by Crippen LogP contribution is -2.23. The molecule has 2 aromatic carbocycles. The second-order valence-electron chi connectivity index (χ2n) is 4.68. The fourth-order valence-corrected chi connectivity index (χ4v) is 2.79. The minimum Gasteiger partial charge on any atom is -0.396 e. The highest BCUT2D eigenvalue weighted by molar-refractivity contribution is 7.99. The van der Waals surface area contributed by atoms with Crippen LogP contribution in [0.2, 0.25) is 0 Å². The van der Waals surface area contributed by atoms with Crippen LogP contribution < -0.4 is 5.32 Å². The number of non-ortho nitro benzene ring substituents is 1. The van der Waals surface area contributed by atoms with E-state index in [4.69, 9.17) is 5.11 Å². The van der Waals surface area contributed by atoms with Gasteiger partial charge in [0, 0.05) is 29.3 Å². The number of carbonyl (C=O) groups excluding carboxylic acids is 1. The van der Waals surface area contributed by atoms with Crippen LogP contribution in [0.4, 0.5) is 5.69 Å². The highest BCUT2D eigenvalue weighted by Gasteiger charge is 2.16. The maximum Gasteiger partial charge on any atom is 0.270 e. The quantitative estimate of drug-likeness (QED) is 0.462. The molecular formula is C16H16N2O4S. The van der Waals surface area contributed by atoms with E-state index in [2.05, 4.69) is 5.32 Å². The van der Waals surface area contributed by atoms with Crippen LogP contribution >= 0.6 is 11.8 Å². The number of amides is 1. The zero-order chi connectivity index (χ0) is 16.7. The van der Waals surface area contributed by atoms with Crippen LogP contribution in [0.3, 0.4) is 0 Å². The number of hydrogen-bond acceptors (Lipinski definition) is 5. The highest BCUT2D eigenvalue weighted by atomic mass is 32.2. The molecule has 0 aromatic heterocycles. The molecule has 0 saturated carbocycles. The predicted octanol–water partition coefficient (Wildman–Crippen LogP) is 2.61. The molecule has 0 bridgehead atoms. The Bertz CT molecular complexity index is 692. The van der Waals surface area contributed by atoms with Crippen molar-refractivity contribution in [2.24, 2.45) is 0 Å². The average Bonchev–Trinajstić information content (AvgIpc) is 2.58. The SMILES string of the molecule is O=C(NCc1ccccc1)c1ccc([N+](=O)[O-])cc1SCCO. The molecule has 0 atom stereocenters.